The summed E-state index contributed by atoms with van der Waals surface area (Å²) in [7, 11) is 1.68. The SMILES string of the molecule is COc1ccc(NC2=NC3C=CC=CN3C2(c2ccccc2)c2ccccc2)cc1. The van der Waals surface area contributed by atoms with Crippen molar-refractivity contribution < 1.29 is 4.74 Å². The molecule has 0 saturated heterocycles. The molecule has 3 aromatic carbocycles. The lowest BCUT2D eigenvalue weighted by Crippen LogP contribution is -2.50. The van der Waals surface area contributed by atoms with Crippen molar-refractivity contribution in [1.82, 2.24) is 4.90 Å². The largest absolute Gasteiger partial charge is 0.497 e. The Labute approximate surface area is 176 Å². The minimum absolute atomic E-state index is 0.0730. The molecule has 0 aliphatic carbocycles. The first-order valence-corrected chi connectivity index (χ1v) is 10.1. The fourth-order valence-electron chi connectivity index (χ4n) is 4.28. The Hall–Kier alpha value is -3.79. The molecule has 0 spiro atoms. The third kappa shape index (κ3) is 2.89. The Balaban J connectivity index is 1.69. The van der Waals surface area contributed by atoms with Gasteiger partial charge in [-0.25, -0.2) is 4.99 Å². The highest BCUT2D eigenvalue weighted by Gasteiger charge is 2.51. The first kappa shape index (κ1) is 18.3. The molecule has 2 heterocycles. The van der Waals surface area contributed by atoms with Gasteiger partial charge in [-0.1, -0.05) is 66.7 Å². The van der Waals surface area contributed by atoms with Crippen LogP contribution in [0, 0.1) is 0 Å². The number of hydrogen-bond acceptors (Lipinski definition) is 4. The van der Waals surface area contributed by atoms with Crippen LogP contribution in [0.1, 0.15) is 11.1 Å². The van der Waals surface area contributed by atoms with Gasteiger partial charge in [-0.2, -0.15) is 0 Å². The van der Waals surface area contributed by atoms with Crippen LogP contribution in [0.3, 0.4) is 0 Å². The van der Waals surface area contributed by atoms with Crippen molar-refractivity contribution in [3.63, 3.8) is 0 Å². The molecule has 2 aliphatic heterocycles. The van der Waals surface area contributed by atoms with Crippen LogP contribution < -0.4 is 10.1 Å². The zero-order valence-electron chi connectivity index (χ0n) is 16.8. The summed E-state index contributed by atoms with van der Waals surface area (Å²) in [6, 6.07) is 29.1. The van der Waals surface area contributed by atoms with E-state index in [0.29, 0.717) is 0 Å². The first-order chi connectivity index (χ1) is 14.8. The van der Waals surface area contributed by atoms with E-state index >= 15 is 0 Å². The second-order valence-corrected chi connectivity index (χ2v) is 7.32. The van der Waals surface area contributed by atoms with E-state index < -0.39 is 5.54 Å². The Morgan fingerprint density at radius 1 is 0.833 bits per heavy atom. The second kappa shape index (κ2) is 7.56. The molecule has 0 saturated carbocycles. The molecule has 2 aliphatic rings. The summed E-state index contributed by atoms with van der Waals surface area (Å²) in [4.78, 5) is 7.44. The van der Waals surface area contributed by atoms with Crippen LogP contribution in [-0.2, 0) is 5.54 Å². The van der Waals surface area contributed by atoms with E-state index in [0.717, 1.165) is 17.3 Å². The molecule has 4 nitrogen and oxygen atoms in total. The predicted molar refractivity (Wildman–Crippen MR) is 122 cm³/mol. The average Bonchev–Trinajstić information content (AvgIpc) is 3.15. The highest BCUT2D eigenvalue weighted by molar-refractivity contribution is 6.07. The fourth-order valence-corrected chi connectivity index (χ4v) is 4.28. The number of rotatable bonds is 4. The quantitative estimate of drug-likeness (QED) is 0.664. The number of nitrogens with zero attached hydrogens (tertiary/aromatic N) is 2. The van der Waals surface area contributed by atoms with Gasteiger partial charge < -0.3 is 15.0 Å². The van der Waals surface area contributed by atoms with E-state index in [2.05, 4.69) is 83.2 Å². The summed E-state index contributed by atoms with van der Waals surface area (Å²) < 4.78 is 5.31. The van der Waals surface area contributed by atoms with Crippen molar-refractivity contribution in [1.29, 1.82) is 0 Å². The summed E-state index contributed by atoms with van der Waals surface area (Å²) in [5.74, 6) is 1.72. The number of nitrogens with one attached hydrogen (secondary N) is 1. The summed E-state index contributed by atoms with van der Waals surface area (Å²) >= 11 is 0. The van der Waals surface area contributed by atoms with Crippen molar-refractivity contribution >= 4 is 11.5 Å². The summed E-state index contributed by atoms with van der Waals surface area (Å²) in [6.07, 6.45) is 8.32. The van der Waals surface area contributed by atoms with Crippen LogP contribution in [0.2, 0.25) is 0 Å². The topological polar surface area (TPSA) is 36.9 Å². The van der Waals surface area contributed by atoms with Crippen molar-refractivity contribution in [2.45, 2.75) is 11.7 Å². The molecule has 0 bridgehead atoms. The standard InChI is InChI=1S/C26H23N3O/c1-30-23-17-15-22(16-18-23)27-25-26(20-10-4-2-5-11-20,21-12-6-3-7-13-21)29-19-9-8-14-24(29)28-25/h2-19,24H,1H3,(H,27,28). The Morgan fingerprint density at radius 2 is 1.47 bits per heavy atom. The number of ether oxygens (including phenoxy) is 1. The molecule has 1 unspecified atom stereocenters. The van der Waals surface area contributed by atoms with Gasteiger partial charge in [0.25, 0.3) is 0 Å². The predicted octanol–water partition coefficient (Wildman–Crippen LogP) is 5.17. The fraction of sp³-hybridized carbons (Fsp3) is 0.115. The van der Waals surface area contributed by atoms with Gasteiger partial charge in [0.1, 0.15) is 17.8 Å². The number of aliphatic imine (C=N–C) groups is 1. The highest BCUT2D eigenvalue weighted by atomic mass is 16.5. The van der Waals surface area contributed by atoms with Crippen LogP contribution in [-0.4, -0.2) is 24.0 Å². The van der Waals surface area contributed by atoms with Crippen molar-refractivity contribution in [3.8, 4) is 5.75 Å². The van der Waals surface area contributed by atoms with Crippen molar-refractivity contribution in [3.05, 3.63) is 120 Å². The van der Waals surface area contributed by atoms with Crippen LogP contribution in [0.5, 0.6) is 5.75 Å². The minimum atomic E-state index is -0.561. The number of benzene rings is 3. The number of hydrogen-bond donors (Lipinski definition) is 1. The molecule has 0 radical (unpaired) electrons. The number of allylic oxidation sites excluding steroid dienone is 2. The van der Waals surface area contributed by atoms with E-state index in [1.165, 1.54) is 11.1 Å². The van der Waals surface area contributed by atoms with E-state index in [4.69, 9.17) is 9.73 Å². The van der Waals surface area contributed by atoms with E-state index in [-0.39, 0.29) is 6.17 Å². The van der Waals surface area contributed by atoms with Gasteiger partial charge in [-0.15, -0.1) is 0 Å². The maximum absolute atomic E-state index is 5.31. The van der Waals surface area contributed by atoms with E-state index in [1.807, 2.05) is 36.4 Å². The highest BCUT2D eigenvalue weighted by Crippen LogP contribution is 2.44. The smallest absolute Gasteiger partial charge is 0.150 e. The van der Waals surface area contributed by atoms with E-state index in [9.17, 15) is 0 Å². The molecule has 0 fully saturated rings. The molecule has 5 rings (SSSR count). The number of methoxy groups -OCH3 is 1. The molecule has 1 N–H and O–H groups in total. The van der Waals surface area contributed by atoms with Gasteiger partial charge in [0.15, 0.2) is 5.54 Å². The molecule has 4 heteroatoms. The summed E-state index contributed by atoms with van der Waals surface area (Å²) in [5, 5.41) is 3.62. The third-order valence-corrected chi connectivity index (χ3v) is 5.65. The summed E-state index contributed by atoms with van der Waals surface area (Å²) in [6.45, 7) is 0. The monoisotopic (exact) mass is 393 g/mol. The second-order valence-electron chi connectivity index (χ2n) is 7.32. The zero-order valence-corrected chi connectivity index (χ0v) is 16.8. The van der Waals surface area contributed by atoms with Gasteiger partial charge in [-0.3, -0.25) is 0 Å². The van der Waals surface area contributed by atoms with Crippen molar-refractivity contribution in [2.24, 2.45) is 4.99 Å². The van der Waals surface area contributed by atoms with Gasteiger partial charge in [0, 0.05) is 11.9 Å². The lowest BCUT2D eigenvalue weighted by molar-refractivity contribution is 0.249. The zero-order chi connectivity index (χ0) is 20.4. The lowest BCUT2D eigenvalue weighted by atomic mass is 9.80. The average molecular weight is 393 g/mol. The normalized spacial score (nSPS) is 18.6. The summed E-state index contributed by atoms with van der Waals surface area (Å²) in [5.41, 5.74) is 2.74. The van der Waals surface area contributed by atoms with Crippen LogP contribution in [0.25, 0.3) is 0 Å². The minimum Gasteiger partial charge on any atom is -0.497 e. The van der Waals surface area contributed by atoms with Gasteiger partial charge in [0.2, 0.25) is 0 Å². The first-order valence-electron chi connectivity index (χ1n) is 10.1. The van der Waals surface area contributed by atoms with Crippen LogP contribution >= 0.6 is 0 Å². The molecule has 148 valence electrons. The van der Waals surface area contributed by atoms with Crippen molar-refractivity contribution in [2.75, 3.05) is 12.4 Å². The molecular weight excluding hydrogens is 370 g/mol. The van der Waals surface area contributed by atoms with Gasteiger partial charge in [-0.05, 0) is 47.5 Å². The maximum atomic E-state index is 5.31. The molecule has 0 amide bonds. The maximum Gasteiger partial charge on any atom is 0.150 e. The molecule has 1 atom stereocenters. The van der Waals surface area contributed by atoms with Crippen LogP contribution in [0.15, 0.2) is 114 Å². The Bertz CT molecular complexity index is 1060. The number of anilines is 1. The molecular formula is C26H23N3O. The van der Waals surface area contributed by atoms with Gasteiger partial charge in [0.05, 0.1) is 7.11 Å². The van der Waals surface area contributed by atoms with Crippen LogP contribution in [0.4, 0.5) is 5.69 Å². The van der Waals surface area contributed by atoms with Gasteiger partial charge >= 0.3 is 0 Å². The Morgan fingerprint density at radius 3 is 2.07 bits per heavy atom. The third-order valence-electron chi connectivity index (χ3n) is 5.65. The lowest BCUT2D eigenvalue weighted by Gasteiger charge is -2.42. The molecule has 30 heavy (non-hydrogen) atoms. The Kier molecular flexibility index (Phi) is 4.60. The molecule has 0 aromatic heterocycles. The molecule has 3 aromatic rings. The van der Waals surface area contributed by atoms with E-state index in [1.54, 1.807) is 7.11 Å². The number of fused-ring (bicyclic) bond motifs is 1. The number of amidine groups is 1.